The monoisotopic (exact) mass is 725 g/mol. The number of benzene rings is 1. The fourth-order valence-corrected chi connectivity index (χ4v) is 6.23. The maximum Gasteiger partial charge on any atom is 0.321 e. The fraction of sp³-hybridized carbons (Fsp3) is 0.447. The number of amides is 3. The van der Waals surface area contributed by atoms with E-state index in [1.807, 2.05) is 51.2 Å². The number of hydrogen-bond donors (Lipinski definition) is 3. The Bertz CT molecular complexity index is 2000. The average molecular weight is 726 g/mol. The summed E-state index contributed by atoms with van der Waals surface area (Å²) in [6.45, 7) is 14.1. The van der Waals surface area contributed by atoms with Crippen molar-refractivity contribution in [3.05, 3.63) is 89.3 Å². The molecule has 3 N–H and O–H groups in total. The molecular formula is C38H47N9O6. The van der Waals surface area contributed by atoms with Crippen molar-refractivity contribution in [1.29, 1.82) is 0 Å². The van der Waals surface area contributed by atoms with Gasteiger partial charge in [0.25, 0.3) is 5.91 Å². The summed E-state index contributed by atoms with van der Waals surface area (Å²) in [7, 11) is 1.61. The number of anilines is 1. The molecular weight excluding hydrogens is 678 g/mol. The van der Waals surface area contributed by atoms with Crippen molar-refractivity contribution in [1.82, 2.24) is 40.1 Å². The second kappa shape index (κ2) is 15.4. The smallest absolute Gasteiger partial charge is 0.321 e. The molecule has 1 aliphatic heterocycles. The van der Waals surface area contributed by atoms with Gasteiger partial charge in [-0.1, -0.05) is 45.0 Å². The lowest BCUT2D eigenvalue weighted by atomic mass is 9.81. The predicted molar refractivity (Wildman–Crippen MR) is 197 cm³/mol. The molecule has 15 nitrogen and oxygen atoms in total. The third-order valence-electron chi connectivity index (χ3n) is 9.42. The number of rotatable bonds is 12. The number of fused-ring (bicyclic) bond motifs is 2. The molecule has 0 bridgehead atoms. The lowest BCUT2D eigenvalue weighted by molar-refractivity contribution is -0.111. The number of ether oxygens (including phenoxy) is 3. The first-order valence-electron chi connectivity index (χ1n) is 17.7. The Hall–Kier alpha value is -5.25. The minimum absolute atomic E-state index is 0.0605. The van der Waals surface area contributed by atoms with Crippen LogP contribution in [0, 0.1) is 0 Å². The number of morpholine rings is 1. The lowest BCUT2D eigenvalue weighted by Crippen LogP contribution is -2.49. The van der Waals surface area contributed by atoms with E-state index in [1.165, 1.54) is 0 Å². The Morgan fingerprint density at radius 1 is 1.06 bits per heavy atom. The van der Waals surface area contributed by atoms with Gasteiger partial charge >= 0.3 is 6.03 Å². The third kappa shape index (κ3) is 8.37. The third-order valence-corrected chi connectivity index (χ3v) is 9.42. The van der Waals surface area contributed by atoms with Crippen LogP contribution in [-0.2, 0) is 30.8 Å². The first-order valence-corrected chi connectivity index (χ1v) is 17.7. The molecule has 280 valence electrons. The quantitative estimate of drug-likeness (QED) is 0.109. The van der Waals surface area contributed by atoms with Gasteiger partial charge in [-0.3, -0.25) is 24.2 Å². The minimum atomic E-state index is -1.52. The van der Waals surface area contributed by atoms with Gasteiger partial charge in [0.2, 0.25) is 5.82 Å². The van der Waals surface area contributed by atoms with E-state index in [9.17, 15) is 14.4 Å². The van der Waals surface area contributed by atoms with Crippen LogP contribution in [0.1, 0.15) is 80.4 Å². The minimum Gasteiger partial charge on any atom is -0.480 e. The van der Waals surface area contributed by atoms with Gasteiger partial charge in [0.1, 0.15) is 28.8 Å². The van der Waals surface area contributed by atoms with Crippen LogP contribution in [0.25, 0.3) is 5.65 Å². The summed E-state index contributed by atoms with van der Waals surface area (Å²) in [5.74, 6) is 0.768. The molecule has 1 aromatic carbocycles. The largest absolute Gasteiger partial charge is 0.480 e. The summed E-state index contributed by atoms with van der Waals surface area (Å²) in [4.78, 5) is 50.9. The van der Waals surface area contributed by atoms with Gasteiger partial charge in [0.05, 0.1) is 25.1 Å². The fourth-order valence-electron chi connectivity index (χ4n) is 6.23. The van der Waals surface area contributed by atoms with E-state index in [1.54, 1.807) is 55.8 Å². The Kier molecular flexibility index (Phi) is 10.9. The molecule has 0 radical (unpaired) electrons. The molecule has 0 unspecified atom stereocenters. The van der Waals surface area contributed by atoms with Crippen LogP contribution >= 0.6 is 0 Å². The van der Waals surface area contributed by atoms with Crippen molar-refractivity contribution in [3.8, 4) is 5.75 Å². The Morgan fingerprint density at radius 2 is 1.83 bits per heavy atom. The molecule has 3 amide bonds. The molecule has 4 heterocycles. The number of methoxy groups -OCH3 is 1. The molecule has 1 saturated heterocycles. The van der Waals surface area contributed by atoms with Crippen molar-refractivity contribution in [2.24, 2.45) is 0 Å². The highest BCUT2D eigenvalue weighted by Crippen LogP contribution is 2.37. The molecule has 4 aromatic rings. The number of hydrogen-bond acceptors (Lipinski definition) is 11. The maximum atomic E-state index is 13.6. The standard InChI is InChI=1S/C38H47N9O6/c1-36(2,3)29-22-30(41-32(40-29)33(49)39-16-9-17-46-18-20-52-21-19-46)42-35(50)43-38(24-48)15-14-28(26-10-7-8-11-27(26)38)53-25-12-13-31-44-45-34(47(31)23-25)37(4,5)51-6/h7-8,10-15,22-24,28H,9,16-21H2,1-6H3,(H,39,49)(H2,40,41,42,43,50)/t28-,38-/m1/s1. The summed E-state index contributed by atoms with van der Waals surface area (Å²) < 4.78 is 19.3. The number of nitrogens with zero attached hydrogens (tertiary/aromatic N) is 6. The number of aromatic nitrogens is 5. The number of urea groups is 1. The van der Waals surface area contributed by atoms with Crippen LogP contribution in [0.5, 0.6) is 5.75 Å². The van der Waals surface area contributed by atoms with E-state index in [4.69, 9.17) is 14.2 Å². The van der Waals surface area contributed by atoms with Gasteiger partial charge < -0.3 is 24.8 Å². The van der Waals surface area contributed by atoms with Crippen molar-refractivity contribution < 1.29 is 28.6 Å². The van der Waals surface area contributed by atoms with Crippen molar-refractivity contribution >= 4 is 29.7 Å². The number of aldehydes is 1. The normalized spacial score (nSPS) is 19.0. The van der Waals surface area contributed by atoms with E-state index in [0.29, 0.717) is 60.1 Å². The molecule has 2 aliphatic rings. The van der Waals surface area contributed by atoms with Gasteiger partial charge in [-0.15, -0.1) is 10.2 Å². The summed E-state index contributed by atoms with van der Waals surface area (Å²) in [6.07, 6.45) is 6.00. The first-order chi connectivity index (χ1) is 25.3. The van der Waals surface area contributed by atoms with Crippen LogP contribution in [0.4, 0.5) is 10.6 Å². The molecule has 1 fully saturated rings. The summed E-state index contributed by atoms with van der Waals surface area (Å²) >= 11 is 0. The van der Waals surface area contributed by atoms with Gasteiger partial charge in [0.15, 0.2) is 17.8 Å². The van der Waals surface area contributed by atoms with Gasteiger partial charge in [-0.2, -0.15) is 0 Å². The number of carbonyl (C=O) groups excluding carboxylic acids is 3. The zero-order valence-corrected chi connectivity index (χ0v) is 31.0. The maximum absolute atomic E-state index is 13.6. The SMILES string of the molecule is COC(C)(C)c1nnc2ccc(O[C@@H]3C=C[C@](C=O)(NC(=O)Nc4cc(C(C)(C)C)nc(C(=O)NCCCN5CCOCC5)n4)c4ccccc43)cn12. The van der Waals surface area contributed by atoms with Crippen LogP contribution in [-0.4, -0.2) is 94.2 Å². The van der Waals surface area contributed by atoms with Crippen molar-refractivity contribution in [2.45, 2.75) is 63.7 Å². The van der Waals surface area contributed by atoms with Crippen molar-refractivity contribution in [3.63, 3.8) is 0 Å². The number of nitrogens with one attached hydrogen (secondary N) is 3. The van der Waals surface area contributed by atoms with E-state index in [0.717, 1.165) is 26.1 Å². The Morgan fingerprint density at radius 3 is 2.57 bits per heavy atom. The molecule has 2 atom stereocenters. The molecule has 53 heavy (non-hydrogen) atoms. The van der Waals surface area contributed by atoms with Crippen LogP contribution in [0.2, 0.25) is 0 Å². The van der Waals surface area contributed by atoms with E-state index < -0.39 is 34.6 Å². The predicted octanol–water partition coefficient (Wildman–Crippen LogP) is 4.06. The van der Waals surface area contributed by atoms with Gasteiger partial charge in [-0.25, -0.2) is 14.8 Å². The van der Waals surface area contributed by atoms with E-state index in [-0.39, 0.29) is 11.6 Å². The molecule has 1 aliphatic carbocycles. The van der Waals surface area contributed by atoms with Crippen molar-refractivity contribution in [2.75, 3.05) is 51.8 Å². The topological polar surface area (TPSA) is 174 Å². The highest BCUT2D eigenvalue weighted by molar-refractivity contribution is 5.94. The highest BCUT2D eigenvalue weighted by Gasteiger charge is 2.39. The zero-order valence-electron chi connectivity index (χ0n) is 31.0. The Labute approximate surface area is 308 Å². The Balaban J connectivity index is 1.18. The zero-order chi connectivity index (χ0) is 37.8. The lowest BCUT2D eigenvalue weighted by Gasteiger charge is -2.34. The summed E-state index contributed by atoms with van der Waals surface area (Å²) in [5, 5.41) is 17.0. The second-order valence-electron chi connectivity index (χ2n) is 14.7. The van der Waals surface area contributed by atoms with Gasteiger partial charge in [-0.05, 0) is 56.7 Å². The first kappa shape index (κ1) is 37.5. The molecule has 6 rings (SSSR count). The van der Waals surface area contributed by atoms with Gasteiger partial charge in [0, 0.05) is 43.8 Å². The molecule has 0 saturated carbocycles. The highest BCUT2D eigenvalue weighted by atomic mass is 16.5. The molecule has 3 aromatic heterocycles. The second-order valence-corrected chi connectivity index (χ2v) is 14.7. The number of pyridine rings is 1. The summed E-state index contributed by atoms with van der Waals surface area (Å²) in [6, 6.07) is 11.8. The molecule has 0 spiro atoms. The van der Waals surface area contributed by atoms with Crippen LogP contribution < -0.4 is 20.7 Å². The van der Waals surface area contributed by atoms with E-state index >= 15 is 0 Å². The van der Waals surface area contributed by atoms with Crippen LogP contribution in [0.15, 0.2) is 60.8 Å². The molecule has 15 heteroatoms. The van der Waals surface area contributed by atoms with E-state index in [2.05, 4.69) is 41.0 Å². The average Bonchev–Trinajstić information content (AvgIpc) is 3.58. The number of carbonyl (C=O) groups is 3. The van der Waals surface area contributed by atoms with Crippen LogP contribution in [0.3, 0.4) is 0 Å². The summed E-state index contributed by atoms with van der Waals surface area (Å²) in [5.41, 5.74) is -0.231.